The van der Waals surface area contributed by atoms with Crippen molar-refractivity contribution in [3.05, 3.63) is 29.8 Å². The predicted molar refractivity (Wildman–Crippen MR) is 67.8 cm³/mol. The number of fused-ring (bicyclic) bond motifs is 1. The fraction of sp³-hybridized carbons (Fsp3) is 0.571. The molecular weight excluding hydrogens is 196 g/mol. The van der Waals surface area contributed by atoms with Gasteiger partial charge in [-0.05, 0) is 30.9 Å². The van der Waals surface area contributed by atoms with Crippen LogP contribution < -0.4 is 10.6 Å². The molecule has 0 amide bonds. The van der Waals surface area contributed by atoms with Gasteiger partial charge in [0.1, 0.15) is 0 Å². The molecule has 2 heteroatoms. The van der Waals surface area contributed by atoms with E-state index in [0.717, 1.165) is 12.6 Å². The zero-order valence-electron chi connectivity index (χ0n) is 9.71. The molecule has 1 aliphatic heterocycles. The topological polar surface area (TPSA) is 24.1 Å². The van der Waals surface area contributed by atoms with E-state index in [2.05, 4.69) is 34.9 Å². The lowest BCUT2D eigenvalue weighted by atomic mass is 10.1. The van der Waals surface area contributed by atoms with Crippen LogP contribution in [0.3, 0.4) is 0 Å². The second-order valence-electron chi connectivity index (χ2n) is 5.09. The molecule has 0 saturated heterocycles. The highest BCUT2D eigenvalue weighted by atomic mass is 15.0. The van der Waals surface area contributed by atoms with E-state index in [1.165, 1.54) is 43.4 Å². The second-order valence-corrected chi connectivity index (χ2v) is 5.09. The van der Waals surface area contributed by atoms with Gasteiger partial charge in [0.05, 0.1) is 0 Å². The van der Waals surface area contributed by atoms with Gasteiger partial charge in [0.25, 0.3) is 0 Å². The second kappa shape index (κ2) is 4.46. The van der Waals surface area contributed by atoms with Crippen molar-refractivity contribution >= 4 is 5.69 Å². The molecule has 1 atom stereocenters. The Morgan fingerprint density at radius 3 is 2.81 bits per heavy atom. The van der Waals surface area contributed by atoms with E-state index >= 15 is 0 Å². The van der Waals surface area contributed by atoms with Crippen LogP contribution in [0.5, 0.6) is 0 Å². The van der Waals surface area contributed by atoms with Crippen molar-refractivity contribution in [2.75, 3.05) is 11.9 Å². The minimum Gasteiger partial charge on any atom is -0.380 e. The molecule has 1 fully saturated rings. The normalized spacial score (nSPS) is 24.4. The van der Waals surface area contributed by atoms with Crippen molar-refractivity contribution in [2.45, 2.75) is 44.2 Å². The van der Waals surface area contributed by atoms with Gasteiger partial charge >= 0.3 is 0 Å². The van der Waals surface area contributed by atoms with Gasteiger partial charge in [-0.1, -0.05) is 31.0 Å². The lowest BCUT2D eigenvalue weighted by molar-refractivity contribution is 0.501. The molecule has 1 saturated carbocycles. The van der Waals surface area contributed by atoms with Crippen LogP contribution in [0, 0.1) is 0 Å². The quantitative estimate of drug-likeness (QED) is 0.811. The first-order valence-corrected chi connectivity index (χ1v) is 6.49. The molecule has 2 nitrogen and oxygen atoms in total. The molecule has 0 radical (unpaired) electrons. The first-order chi connectivity index (χ1) is 7.92. The van der Waals surface area contributed by atoms with E-state index in [-0.39, 0.29) is 0 Å². The zero-order valence-corrected chi connectivity index (χ0v) is 9.71. The van der Waals surface area contributed by atoms with Gasteiger partial charge in [-0.3, -0.25) is 0 Å². The fourth-order valence-corrected chi connectivity index (χ4v) is 2.94. The van der Waals surface area contributed by atoms with Gasteiger partial charge in [0, 0.05) is 24.3 Å². The van der Waals surface area contributed by atoms with Crippen LogP contribution in [0.4, 0.5) is 5.69 Å². The maximum Gasteiger partial charge on any atom is 0.0427 e. The summed E-state index contributed by atoms with van der Waals surface area (Å²) in [5.41, 5.74) is 2.81. The maximum atomic E-state index is 3.70. The van der Waals surface area contributed by atoms with Crippen molar-refractivity contribution in [3.8, 4) is 0 Å². The lowest BCUT2D eigenvalue weighted by Crippen LogP contribution is -2.36. The number of anilines is 1. The van der Waals surface area contributed by atoms with Gasteiger partial charge in [-0.2, -0.15) is 0 Å². The SMILES string of the molecule is c1ccc2c(c1)CC(CNC1CCCC1)N2. The molecule has 3 rings (SSSR count). The van der Waals surface area contributed by atoms with Crippen LogP contribution in [-0.4, -0.2) is 18.6 Å². The first kappa shape index (κ1) is 10.2. The average Bonchev–Trinajstić information content (AvgIpc) is 2.95. The predicted octanol–water partition coefficient (Wildman–Crippen LogP) is 2.56. The molecule has 1 heterocycles. The third-order valence-corrected chi connectivity index (χ3v) is 3.85. The Morgan fingerprint density at radius 1 is 1.19 bits per heavy atom. The van der Waals surface area contributed by atoms with Crippen molar-refractivity contribution in [2.24, 2.45) is 0 Å². The molecule has 86 valence electrons. The number of hydrogen-bond donors (Lipinski definition) is 2. The monoisotopic (exact) mass is 216 g/mol. The molecule has 16 heavy (non-hydrogen) atoms. The highest BCUT2D eigenvalue weighted by molar-refractivity contribution is 5.56. The minimum atomic E-state index is 0.595. The molecule has 1 aromatic rings. The van der Waals surface area contributed by atoms with Crippen LogP contribution >= 0.6 is 0 Å². The molecule has 0 aromatic heterocycles. The Bertz CT molecular complexity index is 331. The first-order valence-electron chi connectivity index (χ1n) is 6.49. The van der Waals surface area contributed by atoms with Gasteiger partial charge in [0.15, 0.2) is 0 Å². The Balaban J connectivity index is 1.52. The van der Waals surface area contributed by atoms with E-state index in [0.29, 0.717) is 6.04 Å². The number of para-hydroxylation sites is 1. The molecule has 0 spiro atoms. The summed E-state index contributed by atoms with van der Waals surface area (Å²) in [6.45, 7) is 1.11. The molecular formula is C14H20N2. The number of benzene rings is 1. The van der Waals surface area contributed by atoms with Crippen LogP contribution in [-0.2, 0) is 6.42 Å². The van der Waals surface area contributed by atoms with E-state index in [1.807, 2.05) is 0 Å². The zero-order chi connectivity index (χ0) is 10.8. The third-order valence-electron chi connectivity index (χ3n) is 3.85. The summed E-state index contributed by atoms with van der Waals surface area (Å²) < 4.78 is 0. The van der Waals surface area contributed by atoms with Crippen LogP contribution in [0.15, 0.2) is 24.3 Å². The Labute approximate surface area is 97.4 Å². The Morgan fingerprint density at radius 2 is 2.00 bits per heavy atom. The van der Waals surface area contributed by atoms with Crippen LogP contribution in [0.1, 0.15) is 31.2 Å². The van der Waals surface area contributed by atoms with E-state index in [1.54, 1.807) is 0 Å². The number of rotatable bonds is 3. The Kier molecular flexibility index (Phi) is 2.83. The van der Waals surface area contributed by atoms with Crippen molar-refractivity contribution < 1.29 is 0 Å². The number of nitrogens with one attached hydrogen (secondary N) is 2. The minimum absolute atomic E-state index is 0.595. The summed E-state index contributed by atoms with van der Waals surface area (Å²) in [5.74, 6) is 0. The Hall–Kier alpha value is -1.02. The van der Waals surface area contributed by atoms with Crippen molar-refractivity contribution in [1.82, 2.24) is 5.32 Å². The summed E-state index contributed by atoms with van der Waals surface area (Å²) >= 11 is 0. The molecule has 2 N–H and O–H groups in total. The molecule has 2 aliphatic rings. The van der Waals surface area contributed by atoms with Crippen LogP contribution in [0.2, 0.25) is 0 Å². The summed E-state index contributed by atoms with van der Waals surface area (Å²) in [7, 11) is 0. The van der Waals surface area contributed by atoms with E-state index in [9.17, 15) is 0 Å². The molecule has 1 aliphatic carbocycles. The van der Waals surface area contributed by atoms with Gasteiger partial charge < -0.3 is 10.6 Å². The maximum absolute atomic E-state index is 3.70. The standard InChI is InChI=1S/C14H20N2/c1-4-8-14-11(5-1)9-13(16-14)10-15-12-6-2-3-7-12/h1,4-5,8,12-13,15-16H,2-3,6-7,9-10H2. The smallest absolute Gasteiger partial charge is 0.0427 e. The average molecular weight is 216 g/mol. The van der Waals surface area contributed by atoms with Gasteiger partial charge in [-0.15, -0.1) is 0 Å². The van der Waals surface area contributed by atoms with E-state index < -0.39 is 0 Å². The third kappa shape index (κ3) is 2.07. The summed E-state index contributed by atoms with van der Waals surface area (Å²) in [5, 5.41) is 7.29. The molecule has 0 bridgehead atoms. The summed E-state index contributed by atoms with van der Waals surface area (Å²) in [4.78, 5) is 0. The number of hydrogen-bond acceptors (Lipinski definition) is 2. The highest BCUT2D eigenvalue weighted by Gasteiger charge is 2.21. The molecule has 1 aromatic carbocycles. The largest absolute Gasteiger partial charge is 0.380 e. The fourth-order valence-electron chi connectivity index (χ4n) is 2.94. The van der Waals surface area contributed by atoms with Crippen molar-refractivity contribution in [1.29, 1.82) is 0 Å². The van der Waals surface area contributed by atoms with Crippen LogP contribution in [0.25, 0.3) is 0 Å². The van der Waals surface area contributed by atoms with Gasteiger partial charge in [-0.25, -0.2) is 0 Å². The highest BCUT2D eigenvalue weighted by Crippen LogP contribution is 2.25. The summed E-state index contributed by atoms with van der Waals surface area (Å²) in [6, 6.07) is 10.0. The van der Waals surface area contributed by atoms with Crippen molar-refractivity contribution in [3.63, 3.8) is 0 Å². The van der Waals surface area contributed by atoms with Gasteiger partial charge in [0.2, 0.25) is 0 Å². The lowest BCUT2D eigenvalue weighted by Gasteiger charge is -2.16. The molecule has 1 unspecified atom stereocenters. The van der Waals surface area contributed by atoms with E-state index in [4.69, 9.17) is 0 Å². The summed E-state index contributed by atoms with van der Waals surface area (Å²) in [6.07, 6.45) is 6.75.